The minimum atomic E-state index is -0.287. The lowest BCUT2D eigenvalue weighted by molar-refractivity contribution is 0.124. The highest BCUT2D eigenvalue weighted by atomic mass is 16.3. The van der Waals surface area contributed by atoms with Crippen LogP contribution in [0.4, 0.5) is 0 Å². The van der Waals surface area contributed by atoms with Crippen molar-refractivity contribution < 1.29 is 5.11 Å². The lowest BCUT2D eigenvalue weighted by atomic mass is 9.99. The minimum absolute atomic E-state index is 0.287. The van der Waals surface area contributed by atoms with Crippen molar-refractivity contribution in [1.82, 2.24) is 9.97 Å². The van der Waals surface area contributed by atoms with Gasteiger partial charge in [0.25, 0.3) is 0 Å². The van der Waals surface area contributed by atoms with Crippen molar-refractivity contribution in [2.24, 2.45) is 5.92 Å². The Morgan fingerprint density at radius 3 is 2.87 bits per heavy atom. The van der Waals surface area contributed by atoms with E-state index >= 15 is 0 Å². The maximum absolute atomic E-state index is 9.85. The quantitative estimate of drug-likeness (QED) is 0.815. The van der Waals surface area contributed by atoms with E-state index in [2.05, 4.69) is 9.97 Å². The summed E-state index contributed by atoms with van der Waals surface area (Å²) in [6.07, 6.45) is 5.34. The van der Waals surface area contributed by atoms with Gasteiger partial charge in [-0.1, -0.05) is 13.8 Å². The average molecular weight is 206 g/mol. The van der Waals surface area contributed by atoms with Gasteiger partial charge in [0, 0.05) is 17.8 Å². The van der Waals surface area contributed by atoms with E-state index < -0.39 is 0 Å². The summed E-state index contributed by atoms with van der Waals surface area (Å²) in [7, 11) is 0. The summed E-state index contributed by atoms with van der Waals surface area (Å²) in [5, 5.41) is 9.85. The summed E-state index contributed by atoms with van der Waals surface area (Å²) in [5.41, 5.74) is 3.53. The number of rotatable bonds is 3. The first kappa shape index (κ1) is 10.6. The smallest absolute Gasteiger partial charge is 0.115 e. The normalized spacial score (nSPS) is 16.8. The molecule has 0 aliphatic heterocycles. The molecule has 0 amide bonds. The number of hydrogen-bond acceptors (Lipinski definition) is 3. The van der Waals surface area contributed by atoms with E-state index in [0.29, 0.717) is 6.42 Å². The van der Waals surface area contributed by atoms with Crippen LogP contribution in [-0.2, 0) is 19.3 Å². The van der Waals surface area contributed by atoms with Gasteiger partial charge in [-0.25, -0.2) is 9.97 Å². The molecule has 0 aromatic carbocycles. The zero-order valence-electron chi connectivity index (χ0n) is 9.40. The highest BCUT2D eigenvalue weighted by Gasteiger charge is 2.19. The molecule has 82 valence electrons. The largest absolute Gasteiger partial charge is 0.392 e. The summed E-state index contributed by atoms with van der Waals surface area (Å²) >= 11 is 0. The average Bonchev–Trinajstić information content (AvgIpc) is 2.66. The number of aliphatic hydroxyl groups excluding tert-OH is 1. The molecule has 3 nitrogen and oxygen atoms in total. The third-order valence-electron chi connectivity index (χ3n) is 3.14. The molecular formula is C12H18N2O. The monoisotopic (exact) mass is 206 g/mol. The maximum atomic E-state index is 9.85. The predicted octanol–water partition coefficient (Wildman–Crippen LogP) is 1.52. The van der Waals surface area contributed by atoms with Gasteiger partial charge >= 0.3 is 0 Å². The molecule has 1 N–H and O–H groups in total. The van der Waals surface area contributed by atoms with Crippen molar-refractivity contribution in [3.63, 3.8) is 0 Å². The van der Waals surface area contributed by atoms with Crippen LogP contribution >= 0.6 is 0 Å². The molecule has 1 aliphatic rings. The Morgan fingerprint density at radius 1 is 1.33 bits per heavy atom. The van der Waals surface area contributed by atoms with Gasteiger partial charge < -0.3 is 5.11 Å². The number of aliphatic hydroxyl groups is 1. The van der Waals surface area contributed by atoms with Crippen molar-refractivity contribution in [2.75, 3.05) is 0 Å². The summed E-state index contributed by atoms with van der Waals surface area (Å²) < 4.78 is 0. The van der Waals surface area contributed by atoms with Crippen molar-refractivity contribution in [3.8, 4) is 0 Å². The van der Waals surface area contributed by atoms with E-state index in [1.54, 1.807) is 6.33 Å². The molecule has 0 saturated carbocycles. The Balaban J connectivity index is 2.19. The molecular weight excluding hydrogens is 188 g/mol. The van der Waals surface area contributed by atoms with Crippen molar-refractivity contribution in [2.45, 2.75) is 45.6 Å². The Kier molecular flexibility index (Phi) is 3.00. The van der Waals surface area contributed by atoms with Crippen molar-refractivity contribution in [1.29, 1.82) is 0 Å². The lowest BCUT2D eigenvalue weighted by Crippen LogP contribution is -2.19. The summed E-state index contributed by atoms with van der Waals surface area (Å²) in [4.78, 5) is 8.58. The SMILES string of the molecule is CC(C)C(O)Cc1ncnc2c1CCC2. The van der Waals surface area contributed by atoms with Crippen LogP contribution < -0.4 is 0 Å². The zero-order chi connectivity index (χ0) is 10.8. The number of aryl methyl sites for hydroxylation is 1. The first-order valence-corrected chi connectivity index (χ1v) is 5.68. The van der Waals surface area contributed by atoms with Crippen LogP contribution in [0.25, 0.3) is 0 Å². The Hall–Kier alpha value is -0.960. The molecule has 0 fully saturated rings. The molecule has 0 bridgehead atoms. The number of nitrogens with zero attached hydrogens (tertiary/aromatic N) is 2. The van der Waals surface area contributed by atoms with E-state index in [9.17, 15) is 5.11 Å². The lowest BCUT2D eigenvalue weighted by Gasteiger charge is -2.15. The highest BCUT2D eigenvalue weighted by molar-refractivity contribution is 5.29. The van der Waals surface area contributed by atoms with E-state index in [0.717, 1.165) is 18.5 Å². The number of aromatic nitrogens is 2. The van der Waals surface area contributed by atoms with Crippen molar-refractivity contribution in [3.05, 3.63) is 23.3 Å². The van der Waals surface area contributed by atoms with E-state index in [1.807, 2.05) is 13.8 Å². The minimum Gasteiger partial charge on any atom is -0.392 e. The maximum Gasteiger partial charge on any atom is 0.115 e. The third kappa shape index (κ3) is 2.17. The van der Waals surface area contributed by atoms with Crippen LogP contribution in [-0.4, -0.2) is 21.2 Å². The topological polar surface area (TPSA) is 46.0 Å². The van der Waals surface area contributed by atoms with E-state index in [-0.39, 0.29) is 12.0 Å². The molecule has 2 rings (SSSR count). The number of fused-ring (bicyclic) bond motifs is 1. The molecule has 0 spiro atoms. The summed E-state index contributed by atoms with van der Waals surface area (Å²) in [6.45, 7) is 4.07. The fraction of sp³-hybridized carbons (Fsp3) is 0.667. The van der Waals surface area contributed by atoms with Gasteiger partial charge in [0.05, 0.1) is 6.10 Å². The molecule has 1 atom stereocenters. The Bertz CT molecular complexity index is 349. The van der Waals surface area contributed by atoms with E-state index in [4.69, 9.17) is 0 Å². The van der Waals surface area contributed by atoms with Crippen LogP contribution in [0.2, 0.25) is 0 Å². The second kappa shape index (κ2) is 4.27. The van der Waals surface area contributed by atoms with Gasteiger partial charge in [-0.15, -0.1) is 0 Å². The molecule has 1 aromatic rings. The molecule has 3 heteroatoms. The van der Waals surface area contributed by atoms with Crippen LogP contribution in [0.5, 0.6) is 0 Å². The van der Waals surface area contributed by atoms with Crippen LogP contribution in [0, 0.1) is 5.92 Å². The van der Waals surface area contributed by atoms with Gasteiger partial charge in [0.2, 0.25) is 0 Å². The predicted molar refractivity (Wildman–Crippen MR) is 58.6 cm³/mol. The van der Waals surface area contributed by atoms with Gasteiger partial charge in [-0.05, 0) is 30.7 Å². The first-order chi connectivity index (χ1) is 7.18. The van der Waals surface area contributed by atoms with Crippen LogP contribution in [0.15, 0.2) is 6.33 Å². The fourth-order valence-corrected chi connectivity index (χ4v) is 2.04. The van der Waals surface area contributed by atoms with Gasteiger partial charge in [0.1, 0.15) is 6.33 Å². The molecule has 1 unspecified atom stereocenters. The first-order valence-electron chi connectivity index (χ1n) is 5.68. The molecule has 1 aliphatic carbocycles. The van der Waals surface area contributed by atoms with Gasteiger partial charge in [-0.2, -0.15) is 0 Å². The van der Waals surface area contributed by atoms with Crippen molar-refractivity contribution >= 4 is 0 Å². The number of hydrogen-bond donors (Lipinski definition) is 1. The molecule has 0 saturated heterocycles. The summed E-state index contributed by atoms with van der Waals surface area (Å²) in [5.74, 6) is 0.289. The molecule has 15 heavy (non-hydrogen) atoms. The Morgan fingerprint density at radius 2 is 2.13 bits per heavy atom. The van der Waals surface area contributed by atoms with Gasteiger partial charge in [-0.3, -0.25) is 0 Å². The third-order valence-corrected chi connectivity index (χ3v) is 3.14. The zero-order valence-corrected chi connectivity index (χ0v) is 9.40. The second-order valence-electron chi connectivity index (χ2n) is 4.61. The molecule has 0 radical (unpaired) electrons. The molecule has 1 heterocycles. The van der Waals surface area contributed by atoms with Crippen LogP contribution in [0.1, 0.15) is 37.2 Å². The summed E-state index contributed by atoms with van der Waals surface area (Å²) in [6, 6.07) is 0. The molecule has 1 aromatic heterocycles. The van der Waals surface area contributed by atoms with Gasteiger partial charge in [0.15, 0.2) is 0 Å². The second-order valence-corrected chi connectivity index (χ2v) is 4.61. The standard InChI is InChI=1S/C12H18N2O/c1-8(2)12(15)6-11-9-4-3-5-10(9)13-7-14-11/h7-8,12,15H,3-6H2,1-2H3. The fourth-order valence-electron chi connectivity index (χ4n) is 2.04. The van der Waals surface area contributed by atoms with Crippen LogP contribution in [0.3, 0.4) is 0 Å². The Labute approximate surface area is 90.6 Å². The highest BCUT2D eigenvalue weighted by Crippen LogP contribution is 2.23. The van der Waals surface area contributed by atoms with E-state index in [1.165, 1.54) is 17.7 Å².